The second-order valence-electron chi connectivity index (χ2n) is 20.0. The first kappa shape index (κ1) is 35.2. The van der Waals surface area contributed by atoms with Crippen molar-refractivity contribution in [2.24, 2.45) is 50.7 Å². The number of carbonyl (C=O) groups is 1. The number of nitrogens with zero attached hydrogens (tertiary/aromatic N) is 2. The number of morpholine rings is 1. The van der Waals surface area contributed by atoms with Crippen LogP contribution >= 0.6 is 0 Å². The molecule has 8 aliphatic rings. The number of aliphatic hydroxyl groups is 2. The van der Waals surface area contributed by atoms with Crippen LogP contribution in [-0.4, -0.2) is 114 Å². The van der Waals surface area contributed by atoms with Gasteiger partial charge in [0.15, 0.2) is 12.4 Å². The molecular weight excluding hydrogens is 620 g/mol. The Morgan fingerprint density at radius 3 is 2.37 bits per heavy atom. The molecule has 8 fully saturated rings. The van der Waals surface area contributed by atoms with E-state index in [1.54, 1.807) is 13.8 Å². The molecule has 49 heavy (non-hydrogen) atoms. The molecule has 5 saturated carbocycles. The Hall–Kier alpha value is -0.810. The minimum absolute atomic E-state index is 0.0467. The Labute approximate surface area is 295 Å². The quantitative estimate of drug-likeness (QED) is 0.380. The average Bonchev–Trinajstić information content (AvgIpc) is 3.64. The summed E-state index contributed by atoms with van der Waals surface area (Å²) in [5.41, 5.74) is -0.909. The lowest BCUT2D eigenvalue weighted by atomic mass is 9.41. The third-order valence-electron chi connectivity index (χ3n) is 17.0. The van der Waals surface area contributed by atoms with Gasteiger partial charge >= 0.3 is 5.97 Å². The van der Waals surface area contributed by atoms with Crippen molar-refractivity contribution in [3.05, 3.63) is 0 Å². The summed E-state index contributed by atoms with van der Waals surface area (Å²) in [6.07, 6.45) is 6.88. The van der Waals surface area contributed by atoms with E-state index >= 15 is 0 Å². The summed E-state index contributed by atoms with van der Waals surface area (Å²) in [6.45, 7) is 21.9. The van der Waals surface area contributed by atoms with Crippen molar-refractivity contribution >= 4 is 5.97 Å². The number of fused-ring (bicyclic) bond motifs is 4. The molecule has 278 valence electrons. The molecule has 9 nitrogen and oxygen atoms in total. The maximum absolute atomic E-state index is 12.6. The molecule has 0 aromatic carbocycles. The molecule has 5 aliphatic carbocycles. The summed E-state index contributed by atoms with van der Waals surface area (Å²) in [5, 5.41) is 23.7. The van der Waals surface area contributed by atoms with Crippen LogP contribution in [0.3, 0.4) is 0 Å². The average molecular weight is 687 g/mol. The fourth-order valence-electron chi connectivity index (χ4n) is 14.7. The van der Waals surface area contributed by atoms with E-state index in [0.717, 1.165) is 52.0 Å². The van der Waals surface area contributed by atoms with Gasteiger partial charge in [-0.2, -0.15) is 0 Å². The molecule has 3 aliphatic heterocycles. The minimum Gasteiger partial charge on any atom is -0.457 e. The zero-order valence-corrected chi connectivity index (χ0v) is 31.9. The van der Waals surface area contributed by atoms with E-state index in [1.165, 1.54) is 32.6 Å². The van der Waals surface area contributed by atoms with E-state index in [1.807, 2.05) is 0 Å². The molecular formula is C40H66N2O7. The molecule has 0 radical (unpaired) electrons. The van der Waals surface area contributed by atoms with Crippen LogP contribution in [0, 0.1) is 50.7 Å². The van der Waals surface area contributed by atoms with E-state index in [2.05, 4.69) is 51.5 Å². The predicted octanol–water partition coefficient (Wildman–Crippen LogP) is 4.86. The molecule has 0 aromatic rings. The summed E-state index contributed by atoms with van der Waals surface area (Å²) in [6, 6.07) is 0.633. The number of hydrogen-bond acceptors (Lipinski definition) is 9. The van der Waals surface area contributed by atoms with Crippen LogP contribution < -0.4 is 0 Å². The Morgan fingerprint density at radius 2 is 1.69 bits per heavy atom. The Balaban J connectivity index is 1.02. The van der Waals surface area contributed by atoms with Crippen LogP contribution in [0.4, 0.5) is 0 Å². The number of esters is 1. The number of aliphatic hydroxyl groups excluding tert-OH is 1. The summed E-state index contributed by atoms with van der Waals surface area (Å²) < 4.78 is 25.8. The summed E-state index contributed by atoms with van der Waals surface area (Å²) in [4.78, 5) is 17.1. The second-order valence-corrected chi connectivity index (χ2v) is 20.0. The van der Waals surface area contributed by atoms with Crippen LogP contribution in [0.2, 0.25) is 0 Å². The van der Waals surface area contributed by atoms with Crippen molar-refractivity contribution in [1.82, 2.24) is 9.80 Å². The first-order valence-corrected chi connectivity index (χ1v) is 19.8. The lowest BCUT2D eigenvalue weighted by Gasteiger charge is -2.64. The number of rotatable bonds is 6. The van der Waals surface area contributed by atoms with Crippen LogP contribution in [-0.2, 0) is 23.7 Å². The Morgan fingerprint density at radius 1 is 1.00 bits per heavy atom. The number of likely N-dealkylation sites (N-methyl/N-ethyl adjacent to an activating group) is 1. The topological polar surface area (TPSA) is 101 Å². The van der Waals surface area contributed by atoms with Crippen molar-refractivity contribution in [1.29, 1.82) is 0 Å². The van der Waals surface area contributed by atoms with Crippen LogP contribution in [0.15, 0.2) is 0 Å². The summed E-state index contributed by atoms with van der Waals surface area (Å²) in [5.74, 6) is 1.15. The monoisotopic (exact) mass is 686 g/mol. The molecule has 3 saturated heterocycles. The Kier molecular flexibility index (Phi) is 8.16. The van der Waals surface area contributed by atoms with Crippen molar-refractivity contribution < 1.29 is 34.0 Å². The largest absolute Gasteiger partial charge is 0.457 e. The molecule has 2 N–H and O–H groups in total. The first-order chi connectivity index (χ1) is 22.9. The lowest BCUT2D eigenvalue weighted by molar-refractivity contribution is -0.253. The lowest BCUT2D eigenvalue weighted by Crippen LogP contribution is -2.62. The first-order valence-electron chi connectivity index (χ1n) is 19.8. The Bertz CT molecular complexity index is 1310. The van der Waals surface area contributed by atoms with E-state index in [4.69, 9.17) is 18.9 Å². The normalized spacial score (nSPS) is 51.7. The van der Waals surface area contributed by atoms with Gasteiger partial charge in [-0.1, -0.05) is 34.6 Å². The van der Waals surface area contributed by atoms with Gasteiger partial charge in [0, 0.05) is 44.6 Å². The van der Waals surface area contributed by atoms with Gasteiger partial charge in [-0.05, 0) is 118 Å². The fourth-order valence-corrected chi connectivity index (χ4v) is 14.7. The van der Waals surface area contributed by atoms with Gasteiger partial charge in [0.25, 0.3) is 0 Å². The molecule has 3 heterocycles. The van der Waals surface area contributed by atoms with Gasteiger partial charge < -0.3 is 34.1 Å². The van der Waals surface area contributed by atoms with Crippen molar-refractivity contribution in [2.45, 2.75) is 155 Å². The van der Waals surface area contributed by atoms with Gasteiger partial charge in [-0.3, -0.25) is 9.69 Å². The van der Waals surface area contributed by atoms with E-state index in [0.29, 0.717) is 29.7 Å². The van der Waals surface area contributed by atoms with Gasteiger partial charge in [-0.15, -0.1) is 0 Å². The van der Waals surface area contributed by atoms with Gasteiger partial charge in [0.05, 0.1) is 36.6 Å². The van der Waals surface area contributed by atoms with Gasteiger partial charge in [0.2, 0.25) is 0 Å². The fraction of sp³-hybridized carbons (Fsp3) is 0.975. The molecule has 0 amide bonds. The van der Waals surface area contributed by atoms with E-state index in [9.17, 15) is 15.0 Å². The molecule has 0 bridgehead atoms. The van der Waals surface area contributed by atoms with Crippen molar-refractivity contribution in [3.63, 3.8) is 0 Å². The molecule has 8 rings (SSSR count). The third kappa shape index (κ3) is 4.83. The highest BCUT2D eigenvalue weighted by molar-refractivity contribution is 5.66. The predicted molar refractivity (Wildman–Crippen MR) is 185 cm³/mol. The number of ether oxygens (including phenoxy) is 4. The van der Waals surface area contributed by atoms with Crippen LogP contribution in [0.25, 0.3) is 0 Å². The van der Waals surface area contributed by atoms with Gasteiger partial charge in [0.1, 0.15) is 0 Å². The van der Waals surface area contributed by atoms with Crippen molar-refractivity contribution in [2.75, 3.05) is 39.8 Å². The highest BCUT2D eigenvalue weighted by Crippen LogP contribution is 2.89. The minimum atomic E-state index is -1.25. The molecule has 0 unspecified atom stereocenters. The second kappa shape index (κ2) is 11.3. The number of hydrogen-bond donors (Lipinski definition) is 2. The SMILES string of the molecule is CC(=O)O[C@@H]([C@H]1C[C@@H](C)[C@H]2[C@H](O1)[C@H](O)[C@@]1(C)[C@@H]3CC[C@H]4C(C)(C)[C@@H](O[C@H]5CN(C6CN(C)C6)CCO5)CC[C@@]45C[C@@]35CC[C@]21C)C(C)(C)O. The zero-order valence-electron chi connectivity index (χ0n) is 31.9. The van der Waals surface area contributed by atoms with E-state index < -0.39 is 29.9 Å². The third-order valence-corrected chi connectivity index (χ3v) is 17.0. The maximum Gasteiger partial charge on any atom is 0.303 e. The smallest absolute Gasteiger partial charge is 0.303 e. The molecule has 14 atom stereocenters. The number of likely N-dealkylation sites (tertiary alicyclic amines) is 1. The van der Waals surface area contributed by atoms with E-state index in [-0.39, 0.29) is 52.0 Å². The van der Waals surface area contributed by atoms with Gasteiger partial charge in [-0.25, -0.2) is 0 Å². The summed E-state index contributed by atoms with van der Waals surface area (Å²) >= 11 is 0. The molecule has 0 aromatic heterocycles. The highest BCUT2D eigenvalue weighted by atomic mass is 16.7. The maximum atomic E-state index is 12.6. The number of carbonyl (C=O) groups excluding carboxylic acids is 1. The van der Waals surface area contributed by atoms with Crippen molar-refractivity contribution in [3.8, 4) is 0 Å². The van der Waals surface area contributed by atoms with Crippen LogP contribution in [0.1, 0.15) is 107 Å². The molecule has 9 heteroatoms. The summed E-state index contributed by atoms with van der Waals surface area (Å²) in [7, 11) is 2.20. The zero-order chi connectivity index (χ0) is 35.1. The standard InChI is InChI=1S/C40H66N2O7/c1-23-18-26(34(36(5,6)45)47-24(2)43)48-32-31(23)37(7)14-15-40-22-39(40)13-12-29(49-30-21-42(16-17-46-30)25-19-41(9)20-25)35(3,4)27(39)10-11-28(40)38(37,8)33(32)44/h23,25-34,44-45H,10-22H2,1-9H3/t23-,26-,27+,28+,29+,30+,31+,32+,33+,34+,37-,38-,39-,40+/m1/s1. The molecule has 2 spiro atoms. The highest BCUT2D eigenvalue weighted by Gasteiger charge is 2.84. The van der Waals surface area contributed by atoms with Crippen LogP contribution in [0.5, 0.6) is 0 Å².